The number of halogens is 1. The van der Waals surface area contributed by atoms with Gasteiger partial charge >= 0.3 is 0 Å². The van der Waals surface area contributed by atoms with Crippen LogP contribution in [0.5, 0.6) is 0 Å². The number of hydrogen-bond acceptors (Lipinski definition) is 5. The number of carbonyl (C=O) groups is 3. The lowest BCUT2D eigenvalue weighted by molar-refractivity contribution is -0.141. The van der Waals surface area contributed by atoms with E-state index in [0.29, 0.717) is 18.6 Å². The predicted octanol–water partition coefficient (Wildman–Crippen LogP) is 2.38. The highest BCUT2D eigenvalue weighted by molar-refractivity contribution is 6.43. The normalized spacial score (nSPS) is 18.0. The smallest absolute Gasteiger partial charge is 0.290 e. The van der Waals surface area contributed by atoms with Crippen molar-refractivity contribution in [3.05, 3.63) is 59.3 Å². The average molecular weight is 387 g/mol. The second-order valence-corrected chi connectivity index (χ2v) is 7.00. The van der Waals surface area contributed by atoms with Crippen molar-refractivity contribution in [1.82, 2.24) is 4.90 Å². The molecule has 1 aliphatic heterocycles. The Morgan fingerprint density at radius 3 is 2.64 bits per heavy atom. The molecule has 2 heterocycles. The molecule has 0 radical (unpaired) electrons. The molecular formula is C21H22FNO5. The monoisotopic (exact) mass is 387 g/mol. The van der Waals surface area contributed by atoms with Crippen LogP contribution in [-0.4, -0.2) is 46.7 Å². The van der Waals surface area contributed by atoms with Gasteiger partial charge in [0.05, 0.1) is 6.10 Å². The molecule has 3 rings (SSSR count). The van der Waals surface area contributed by atoms with Gasteiger partial charge in [0.1, 0.15) is 17.5 Å². The minimum absolute atomic E-state index is 0.0132. The summed E-state index contributed by atoms with van der Waals surface area (Å²) in [4.78, 5) is 38.2. The number of β-amino-alcohol motifs (C(OH)–C–C–N with tert-alkyl or cyclic N) is 1. The first-order chi connectivity index (χ1) is 13.4. The highest BCUT2D eigenvalue weighted by atomic mass is 19.1. The largest absolute Gasteiger partial charge is 0.458 e. The van der Waals surface area contributed by atoms with Crippen LogP contribution in [0.15, 0.2) is 40.8 Å². The Balaban J connectivity index is 1.67. The molecule has 1 saturated heterocycles. The van der Waals surface area contributed by atoms with Crippen molar-refractivity contribution in [2.24, 2.45) is 5.92 Å². The molecule has 1 aromatic heterocycles. The van der Waals surface area contributed by atoms with Crippen LogP contribution in [0.4, 0.5) is 4.39 Å². The summed E-state index contributed by atoms with van der Waals surface area (Å²) in [6, 6.07) is 9.04. The highest BCUT2D eigenvalue weighted by Crippen LogP contribution is 2.22. The number of amides is 1. The lowest BCUT2D eigenvalue weighted by Crippen LogP contribution is -2.34. The molecule has 7 heteroatoms. The lowest BCUT2D eigenvalue weighted by atomic mass is 10.0. The van der Waals surface area contributed by atoms with Gasteiger partial charge in [0.15, 0.2) is 5.76 Å². The Bertz CT molecular complexity index is 873. The zero-order chi connectivity index (χ0) is 20.3. The molecule has 28 heavy (non-hydrogen) atoms. The van der Waals surface area contributed by atoms with E-state index in [1.165, 1.54) is 23.1 Å². The molecule has 1 fully saturated rings. The molecule has 0 saturated carbocycles. The van der Waals surface area contributed by atoms with E-state index < -0.39 is 29.5 Å². The summed E-state index contributed by atoms with van der Waals surface area (Å²) < 4.78 is 18.5. The van der Waals surface area contributed by atoms with Crippen LogP contribution in [0.2, 0.25) is 0 Å². The maximum Gasteiger partial charge on any atom is 0.290 e. The number of ketones is 2. The van der Waals surface area contributed by atoms with Gasteiger partial charge < -0.3 is 14.4 Å². The van der Waals surface area contributed by atoms with Crippen molar-refractivity contribution >= 4 is 17.5 Å². The van der Waals surface area contributed by atoms with E-state index in [1.54, 1.807) is 18.2 Å². The molecule has 0 spiro atoms. The second kappa shape index (κ2) is 8.48. The number of furan rings is 1. The minimum Gasteiger partial charge on any atom is -0.458 e. The van der Waals surface area contributed by atoms with Gasteiger partial charge in [0.25, 0.3) is 5.91 Å². The molecular weight excluding hydrogens is 365 g/mol. The molecule has 2 atom stereocenters. The van der Waals surface area contributed by atoms with Crippen molar-refractivity contribution in [1.29, 1.82) is 0 Å². The second-order valence-electron chi connectivity index (χ2n) is 7.00. The molecule has 1 N–H and O–H groups in total. The van der Waals surface area contributed by atoms with Crippen LogP contribution in [0.25, 0.3) is 0 Å². The first kappa shape index (κ1) is 19.9. The zero-order valence-electron chi connectivity index (χ0n) is 15.6. The Hall–Kier alpha value is -2.80. The van der Waals surface area contributed by atoms with Crippen molar-refractivity contribution in [3.8, 4) is 0 Å². The summed E-state index contributed by atoms with van der Waals surface area (Å²) in [7, 11) is 0. The third kappa shape index (κ3) is 4.36. The van der Waals surface area contributed by atoms with Gasteiger partial charge in [-0.05, 0) is 36.2 Å². The summed E-state index contributed by atoms with van der Waals surface area (Å²) in [5.41, 5.74) is 0.818. The summed E-state index contributed by atoms with van der Waals surface area (Å²) in [6.07, 6.45) is 0.923. The number of aliphatic hydroxyl groups excluding tert-OH is 1. The standard InChI is InChI=1S/C21H22FNO5/c1-2-3-15(24)11-23-12-17(20(26)21(23)27)19(25)18-9-8-16(28-18)10-13-4-6-14(22)7-5-13/h4-9,15,17,24H,2-3,10-12H2,1H3. The fourth-order valence-corrected chi connectivity index (χ4v) is 3.31. The molecule has 6 nitrogen and oxygen atoms in total. The number of carbonyl (C=O) groups excluding carboxylic acids is 3. The van der Waals surface area contributed by atoms with E-state index in [-0.39, 0.29) is 24.7 Å². The Kier molecular flexibility index (Phi) is 6.04. The van der Waals surface area contributed by atoms with E-state index in [9.17, 15) is 23.9 Å². The lowest BCUT2D eigenvalue weighted by Gasteiger charge is -2.19. The molecule has 0 bridgehead atoms. The van der Waals surface area contributed by atoms with E-state index in [1.807, 2.05) is 6.92 Å². The van der Waals surface area contributed by atoms with Gasteiger partial charge in [0, 0.05) is 19.5 Å². The van der Waals surface area contributed by atoms with Gasteiger partial charge in [0.2, 0.25) is 11.6 Å². The molecule has 1 amide bonds. The van der Waals surface area contributed by atoms with Crippen molar-refractivity contribution < 1.29 is 28.3 Å². The van der Waals surface area contributed by atoms with Crippen molar-refractivity contribution in [3.63, 3.8) is 0 Å². The number of nitrogens with zero attached hydrogens (tertiary/aromatic N) is 1. The maximum absolute atomic E-state index is 13.0. The van der Waals surface area contributed by atoms with Crippen LogP contribution in [0.1, 0.15) is 41.6 Å². The van der Waals surface area contributed by atoms with E-state index in [4.69, 9.17) is 4.42 Å². The molecule has 1 aliphatic rings. The Labute approximate surface area is 161 Å². The summed E-state index contributed by atoms with van der Waals surface area (Å²) in [5.74, 6) is -3.00. The van der Waals surface area contributed by atoms with Gasteiger partial charge in [-0.3, -0.25) is 14.4 Å². The third-order valence-electron chi connectivity index (χ3n) is 4.78. The quantitative estimate of drug-likeness (QED) is 0.427. The minimum atomic E-state index is -1.12. The van der Waals surface area contributed by atoms with Crippen molar-refractivity contribution in [2.75, 3.05) is 13.1 Å². The van der Waals surface area contributed by atoms with Crippen molar-refractivity contribution in [2.45, 2.75) is 32.3 Å². The van der Waals surface area contributed by atoms with Gasteiger partial charge in [-0.25, -0.2) is 4.39 Å². The van der Waals surface area contributed by atoms with Gasteiger partial charge in [-0.1, -0.05) is 25.5 Å². The predicted molar refractivity (Wildman–Crippen MR) is 98.2 cm³/mol. The number of benzene rings is 1. The first-order valence-corrected chi connectivity index (χ1v) is 9.27. The topological polar surface area (TPSA) is 87.8 Å². The van der Waals surface area contributed by atoms with E-state index >= 15 is 0 Å². The maximum atomic E-state index is 13.0. The summed E-state index contributed by atoms with van der Waals surface area (Å²) in [5, 5.41) is 9.88. The fourth-order valence-electron chi connectivity index (χ4n) is 3.31. The first-order valence-electron chi connectivity index (χ1n) is 9.27. The van der Waals surface area contributed by atoms with Gasteiger partial charge in [-0.15, -0.1) is 0 Å². The average Bonchev–Trinajstić information content (AvgIpc) is 3.24. The van der Waals surface area contributed by atoms with Crippen LogP contribution >= 0.6 is 0 Å². The Morgan fingerprint density at radius 2 is 1.96 bits per heavy atom. The number of aliphatic hydroxyl groups is 1. The highest BCUT2D eigenvalue weighted by Gasteiger charge is 2.44. The number of likely N-dealkylation sites (tertiary alicyclic amines) is 1. The third-order valence-corrected chi connectivity index (χ3v) is 4.78. The Morgan fingerprint density at radius 1 is 1.25 bits per heavy atom. The zero-order valence-corrected chi connectivity index (χ0v) is 15.6. The molecule has 148 valence electrons. The fraction of sp³-hybridized carbons (Fsp3) is 0.381. The molecule has 0 aliphatic carbocycles. The molecule has 2 unspecified atom stereocenters. The van der Waals surface area contributed by atoms with Crippen LogP contribution < -0.4 is 0 Å². The van der Waals surface area contributed by atoms with Crippen LogP contribution in [0, 0.1) is 11.7 Å². The number of Topliss-reactive ketones (excluding diaryl/α,β-unsaturated/α-hetero) is 2. The van der Waals surface area contributed by atoms with Crippen LogP contribution in [-0.2, 0) is 16.0 Å². The molecule has 2 aromatic rings. The van der Waals surface area contributed by atoms with Crippen LogP contribution in [0.3, 0.4) is 0 Å². The van der Waals surface area contributed by atoms with E-state index in [0.717, 1.165) is 12.0 Å². The number of hydrogen-bond donors (Lipinski definition) is 1. The summed E-state index contributed by atoms with van der Waals surface area (Å²) >= 11 is 0. The SMILES string of the molecule is CCCC(O)CN1CC(C(=O)c2ccc(Cc3ccc(F)cc3)o2)C(=O)C1=O. The molecule has 1 aromatic carbocycles. The summed E-state index contributed by atoms with van der Waals surface area (Å²) in [6.45, 7) is 1.90. The van der Waals surface area contributed by atoms with E-state index in [2.05, 4.69) is 0 Å². The van der Waals surface area contributed by atoms with Gasteiger partial charge in [-0.2, -0.15) is 0 Å². The number of rotatable bonds is 8.